The zero-order valence-electron chi connectivity index (χ0n) is 56.2. The highest BCUT2D eigenvalue weighted by molar-refractivity contribution is 6.00. The van der Waals surface area contributed by atoms with Gasteiger partial charge in [-0.2, -0.15) is 0 Å². The van der Waals surface area contributed by atoms with Gasteiger partial charge in [-0.05, 0) is 91.8 Å². The second-order valence-electron chi connectivity index (χ2n) is 24.2. The van der Waals surface area contributed by atoms with E-state index in [1.165, 1.54) is 31.2 Å². The molecule has 0 spiro atoms. The van der Waals surface area contributed by atoms with Gasteiger partial charge in [-0.3, -0.25) is 62.3 Å². The number of aliphatic carboxylic acids is 1. The van der Waals surface area contributed by atoms with E-state index in [-0.39, 0.29) is 62.0 Å². The van der Waals surface area contributed by atoms with E-state index in [0.29, 0.717) is 0 Å². The van der Waals surface area contributed by atoms with Crippen molar-refractivity contribution in [3.05, 3.63) is 89.5 Å². The number of hydrogen-bond donors (Lipinski definition) is 20. The molecule has 36 heteroatoms. The largest absolute Gasteiger partial charge is 0.508 e. The van der Waals surface area contributed by atoms with Gasteiger partial charge in [0, 0.05) is 32.2 Å². The quantitative estimate of drug-likeness (QED) is 0.0235. The van der Waals surface area contributed by atoms with Crippen LogP contribution in [0, 0.1) is 5.92 Å². The number of fused-ring (bicyclic) bond motifs is 3. The lowest BCUT2D eigenvalue weighted by Gasteiger charge is -2.27. The second kappa shape index (κ2) is 40.9. The number of ether oxygens (including phenoxy) is 1. The van der Waals surface area contributed by atoms with E-state index in [9.17, 15) is 103 Å². The molecule has 0 fully saturated rings. The lowest BCUT2D eigenvalue weighted by atomic mass is 9.98. The predicted octanol–water partition coefficient (Wildman–Crippen LogP) is -5.72. The zero-order valence-corrected chi connectivity index (χ0v) is 56.2. The van der Waals surface area contributed by atoms with Gasteiger partial charge in [-0.15, -0.1) is 0 Å². The van der Waals surface area contributed by atoms with Gasteiger partial charge in [0.2, 0.25) is 76.8 Å². The Labute approximate surface area is 579 Å². The van der Waals surface area contributed by atoms with Gasteiger partial charge in [-0.25, -0.2) is 9.59 Å². The number of amides is 14. The maximum Gasteiger partial charge on any atom is 0.407 e. The third-order valence-electron chi connectivity index (χ3n) is 15.7. The number of alkyl carbamates (subject to hydrolysis) is 1. The maximum absolute atomic E-state index is 14.3. The Morgan fingerprint density at radius 1 is 0.455 bits per heavy atom. The van der Waals surface area contributed by atoms with Crippen molar-refractivity contribution in [2.45, 2.75) is 158 Å². The molecule has 14 amide bonds. The predicted molar refractivity (Wildman–Crippen MR) is 355 cm³/mol. The van der Waals surface area contributed by atoms with Crippen LogP contribution < -0.4 is 75.3 Å². The number of nitrogens with one attached hydrogen (secondary N) is 12. The van der Waals surface area contributed by atoms with Gasteiger partial charge in [0.15, 0.2) is 0 Å². The number of carboxylic acid groups (broad SMARTS) is 1. The normalized spacial score (nSPS) is 14.7. The number of carboxylic acids is 1. The summed E-state index contributed by atoms with van der Waals surface area (Å²) in [5.74, 6) is -16.4. The molecule has 0 radical (unpaired) electrons. The first kappa shape index (κ1) is 82.6. The number of aliphatic hydroxyl groups excluding tert-OH is 4. The molecule has 1 aliphatic rings. The third kappa shape index (κ3) is 26.7. The first-order valence-electron chi connectivity index (χ1n) is 32.2. The molecule has 0 aromatic heterocycles. The minimum Gasteiger partial charge on any atom is -0.508 e. The number of aliphatic hydroxyl groups is 4. The topological polar surface area (TPSA) is 583 Å². The Morgan fingerprint density at radius 2 is 0.851 bits per heavy atom. The number of primary amides is 2. The van der Waals surface area contributed by atoms with Crippen molar-refractivity contribution >= 4 is 88.9 Å². The molecule has 36 nitrogen and oxygen atoms in total. The fraction of sp³-hybridized carbons (Fsp3) is 0.492. The highest BCUT2D eigenvalue weighted by Crippen LogP contribution is 2.44. The molecule has 0 heterocycles. The van der Waals surface area contributed by atoms with Crippen LogP contribution in [0.1, 0.15) is 102 Å². The van der Waals surface area contributed by atoms with Crippen LogP contribution in [0.5, 0.6) is 5.75 Å². The Balaban J connectivity index is 1.49. The lowest BCUT2D eigenvalue weighted by Crippen LogP contribution is -2.62. The SMILES string of the molecule is CC(=O)N[C@@H](C)C(=O)N[C@@H](CC(N)=O)C(=O)N[C@@H](CCCCNC(=O)OCC1c2ccccc2-c2ccccc21)C(=O)N[C@@H](C)C(=O)N[C@@H](CO)C(=O)N[C@@H](Cc1ccc(O)cc1)C(=O)N[C@@H](CCC(N)=O)C(=O)N[C@@H](CO)C(=O)N[C@@H](CO)C(=O)N[C@@H](CO)C(=O)N[C@@H](CC(C)C)C(=O)O. The van der Waals surface area contributed by atoms with Crippen molar-refractivity contribution < 1.29 is 107 Å². The highest BCUT2D eigenvalue weighted by Gasteiger charge is 2.37. The molecule has 0 saturated carbocycles. The lowest BCUT2D eigenvalue weighted by molar-refractivity contribution is -0.143. The summed E-state index contributed by atoms with van der Waals surface area (Å²) in [6.45, 7) is 2.32. The van der Waals surface area contributed by atoms with Gasteiger partial charge in [0.1, 0.15) is 78.8 Å². The van der Waals surface area contributed by atoms with E-state index in [4.69, 9.17) is 16.2 Å². The summed E-state index contributed by atoms with van der Waals surface area (Å²) in [6, 6.07) is 1.81. The molecule has 3 aromatic carbocycles. The minimum atomic E-state index is -2.00. The summed E-state index contributed by atoms with van der Waals surface area (Å²) < 4.78 is 5.61. The van der Waals surface area contributed by atoms with Gasteiger partial charge in [0.05, 0.1) is 32.8 Å². The van der Waals surface area contributed by atoms with Crippen molar-refractivity contribution in [3.8, 4) is 16.9 Å². The number of phenolic OH excluding ortho intramolecular Hbond substituents is 1. The molecule has 0 saturated heterocycles. The summed E-state index contributed by atoms with van der Waals surface area (Å²) in [6.07, 6.45) is -3.18. The van der Waals surface area contributed by atoms with Crippen LogP contribution in [0.25, 0.3) is 11.1 Å². The monoisotopic (exact) mass is 1420 g/mol. The molecule has 552 valence electrons. The number of benzene rings is 3. The standard InChI is InChI=1S/C65H90N14O22/c1-32(2)24-47(64(98)99)75-61(95)49(28-81)78-63(97)51(30-83)79-62(96)50(29-82)77-57(91)44(21-22-52(66)86)72-58(92)45(25-36-17-19-37(85)20-18-36)74-60(94)48(27-80)76-55(89)34(4)70-56(90)43(71-59(93)46(26-53(67)87)73-54(88)33(3)69-35(5)84)16-10-11-23-68-65(100)101-31-42-40-14-8-6-12-38(40)39-13-7-9-15-41(39)42/h6-9,12-15,17-20,32-34,42-51,80-83,85H,10-11,16,21-31H2,1-5H3,(H2,66,86)(H2,67,87)(H,68,100)(H,69,84)(H,70,90)(H,71,93)(H,72,92)(H,73,88)(H,74,94)(H,75,95)(H,76,89)(H,77,91)(H,78,97)(H,79,96)(H,98,99)/t33-,34-,43-,44-,45-,46-,47-,48-,49-,50-,51-/m0/s1. The fourth-order valence-electron chi connectivity index (χ4n) is 10.3. The van der Waals surface area contributed by atoms with Crippen molar-refractivity contribution in [1.29, 1.82) is 0 Å². The highest BCUT2D eigenvalue weighted by atomic mass is 16.5. The number of carbonyl (C=O) groups is 15. The van der Waals surface area contributed by atoms with Crippen LogP contribution in [-0.2, 0) is 78.3 Å². The number of rotatable bonds is 42. The van der Waals surface area contributed by atoms with Crippen LogP contribution >= 0.6 is 0 Å². The first-order chi connectivity index (χ1) is 47.8. The number of carbonyl (C=O) groups excluding carboxylic acids is 14. The van der Waals surface area contributed by atoms with Gasteiger partial charge in [-0.1, -0.05) is 74.5 Å². The van der Waals surface area contributed by atoms with Crippen LogP contribution in [0.15, 0.2) is 72.8 Å². The second-order valence-corrected chi connectivity index (χ2v) is 24.2. The fourth-order valence-corrected chi connectivity index (χ4v) is 10.3. The summed E-state index contributed by atoms with van der Waals surface area (Å²) in [5.41, 5.74) is 15.0. The van der Waals surface area contributed by atoms with E-state index < -0.39 is 207 Å². The molecule has 0 aliphatic heterocycles. The Hall–Kier alpha value is -10.8. The maximum atomic E-state index is 14.3. The van der Waals surface area contributed by atoms with E-state index in [2.05, 4.69) is 58.5 Å². The molecule has 22 N–H and O–H groups in total. The van der Waals surface area contributed by atoms with Crippen molar-refractivity contribution in [1.82, 2.24) is 63.8 Å². The van der Waals surface area contributed by atoms with Crippen LogP contribution in [-0.4, -0.2) is 226 Å². The molecule has 101 heavy (non-hydrogen) atoms. The van der Waals surface area contributed by atoms with Gasteiger partial charge >= 0.3 is 12.1 Å². The number of aromatic hydroxyl groups is 1. The summed E-state index contributed by atoms with van der Waals surface area (Å²) in [4.78, 5) is 197. The van der Waals surface area contributed by atoms with E-state index >= 15 is 0 Å². The van der Waals surface area contributed by atoms with Crippen LogP contribution in [0.4, 0.5) is 4.79 Å². The van der Waals surface area contributed by atoms with Crippen molar-refractivity contribution in [2.24, 2.45) is 17.4 Å². The van der Waals surface area contributed by atoms with Crippen molar-refractivity contribution in [3.63, 3.8) is 0 Å². The molecule has 0 unspecified atom stereocenters. The number of phenols is 1. The average Bonchev–Trinajstić information content (AvgIpc) is 1.62. The first-order valence-corrected chi connectivity index (χ1v) is 32.2. The molecule has 3 aromatic rings. The van der Waals surface area contributed by atoms with Crippen molar-refractivity contribution in [2.75, 3.05) is 39.6 Å². The summed E-state index contributed by atoms with van der Waals surface area (Å²) >= 11 is 0. The Bertz CT molecular complexity index is 3400. The molecule has 1 aliphatic carbocycles. The Kier molecular flexibility index (Phi) is 33.4. The molecule has 0 bridgehead atoms. The zero-order chi connectivity index (χ0) is 75.2. The minimum absolute atomic E-state index is 0.0104. The molecule has 11 atom stereocenters. The summed E-state index contributed by atoms with van der Waals surface area (Å²) in [7, 11) is 0. The number of unbranched alkanes of at least 4 members (excludes halogenated alkanes) is 1. The van der Waals surface area contributed by atoms with E-state index in [1.807, 2.05) is 53.8 Å². The molecular weight excluding hydrogens is 1330 g/mol. The van der Waals surface area contributed by atoms with Crippen LogP contribution in [0.2, 0.25) is 0 Å². The van der Waals surface area contributed by atoms with Gasteiger partial charge in [0.25, 0.3) is 0 Å². The number of nitrogens with two attached hydrogens (primary N) is 2. The Morgan fingerprint density at radius 3 is 1.31 bits per heavy atom. The van der Waals surface area contributed by atoms with E-state index in [1.54, 1.807) is 13.8 Å². The summed E-state index contributed by atoms with van der Waals surface area (Å²) in [5, 5.41) is 87.6. The smallest absolute Gasteiger partial charge is 0.407 e. The van der Waals surface area contributed by atoms with Crippen LogP contribution in [0.3, 0.4) is 0 Å². The van der Waals surface area contributed by atoms with E-state index in [0.717, 1.165) is 36.1 Å². The molecular formula is C65H90N14O22. The number of hydrogen-bond acceptors (Lipinski definition) is 21. The van der Waals surface area contributed by atoms with Gasteiger partial charge < -0.3 is 111 Å². The average molecular weight is 1420 g/mol. The molecule has 4 rings (SSSR count). The third-order valence-corrected chi connectivity index (χ3v) is 15.7.